The van der Waals surface area contributed by atoms with Crippen molar-refractivity contribution in [2.24, 2.45) is 4.99 Å². The minimum Gasteiger partial charge on any atom is -0.348 e. The molecular weight excluding hydrogens is 300 g/mol. The second-order valence-electron chi connectivity index (χ2n) is 4.48. The van der Waals surface area contributed by atoms with E-state index in [0.717, 1.165) is 15.3 Å². The Morgan fingerprint density at radius 3 is 3.09 bits per heavy atom. The normalized spacial score (nSPS) is 14.4. The molecule has 0 spiro atoms. The van der Waals surface area contributed by atoms with Gasteiger partial charge in [0.25, 0.3) is 0 Å². The molecule has 4 rings (SSSR count). The largest absolute Gasteiger partial charge is 0.348 e. The number of H-pyrrole nitrogens is 1. The van der Waals surface area contributed by atoms with Crippen molar-refractivity contribution < 1.29 is 0 Å². The molecule has 0 saturated carbocycles. The molecule has 0 bridgehead atoms. The summed E-state index contributed by atoms with van der Waals surface area (Å²) < 4.78 is 1.14. The van der Waals surface area contributed by atoms with Crippen molar-refractivity contribution in [3.05, 3.63) is 48.9 Å². The van der Waals surface area contributed by atoms with Crippen LogP contribution in [0.3, 0.4) is 0 Å². The Balaban J connectivity index is 1.59. The maximum Gasteiger partial charge on any atom is 0.205 e. The molecule has 0 unspecified atom stereocenters. The Morgan fingerprint density at radius 1 is 1.27 bits per heavy atom. The third-order valence-electron chi connectivity index (χ3n) is 3.04. The Hall–Kier alpha value is -2.81. The van der Waals surface area contributed by atoms with Crippen LogP contribution in [0, 0.1) is 6.54 Å². The zero-order valence-electron chi connectivity index (χ0n) is 11.3. The third kappa shape index (κ3) is 2.42. The number of para-hydroxylation sites is 1. The summed E-state index contributed by atoms with van der Waals surface area (Å²) in [5.74, 6) is 1.32. The van der Waals surface area contributed by atoms with Crippen molar-refractivity contribution in [2.75, 3.05) is 4.90 Å². The van der Waals surface area contributed by atoms with Crippen LogP contribution in [0.1, 0.15) is 5.82 Å². The quantitative estimate of drug-likeness (QED) is 0.760. The van der Waals surface area contributed by atoms with Gasteiger partial charge < -0.3 is 5.32 Å². The Bertz CT molecular complexity index is 802. The smallest absolute Gasteiger partial charge is 0.205 e. The molecule has 22 heavy (non-hydrogen) atoms. The summed E-state index contributed by atoms with van der Waals surface area (Å²) in [5, 5.41) is 17.7. The van der Waals surface area contributed by atoms with E-state index in [-0.39, 0.29) is 0 Å². The molecule has 0 amide bonds. The molecule has 8 nitrogen and oxygen atoms in total. The van der Waals surface area contributed by atoms with Crippen LogP contribution in [0.25, 0.3) is 10.2 Å². The van der Waals surface area contributed by atoms with Crippen LogP contribution in [-0.4, -0.2) is 31.6 Å². The lowest BCUT2D eigenvalue weighted by Crippen LogP contribution is -2.40. The molecular formula is C13H11N8S. The van der Waals surface area contributed by atoms with Crippen molar-refractivity contribution >= 4 is 32.6 Å². The Kier molecular flexibility index (Phi) is 3.24. The molecule has 1 aliphatic heterocycles. The van der Waals surface area contributed by atoms with E-state index in [1.807, 2.05) is 35.7 Å². The number of aromatic nitrogens is 5. The van der Waals surface area contributed by atoms with E-state index in [9.17, 15) is 0 Å². The van der Waals surface area contributed by atoms with Crippen LogP contribution in [-0.2, 0) is 6.54 Å². The summed E-state index contributed by atoms with van der Waals surface area (Å²) in [7, 11) is 0. The number of nitrogens with zero attached hydrogens (tertiary/aromatic N) is 6. The summed E-state index contributed by atoms with van der Waals surface area (Å²) in [6, 6.07) is 8.05. The number of tetrazole rings is 1. The average molecular weight is 311 g/mol. The van der Waals surface area contributed by atoms with Gasteiger partial charge in [0.05, 0.1) is 23.3 Å². The monoisotopic (exact) mass is 311 g/mol. The van der Waals surface area contributed by atoms with Gasteiger partial charge in [0, 0.05) is 6.20 Å². The van der Waals surface area contributed by atoms with E-state index in [1.54, 1.807) is 17.5 Å². The van der Waals surface area contributed by atoms with Gasteiger partial charge in [0.15, 0.2) is 11.0 Å². The SMILES string of the molecule is [CH]1C=CN=C(NCc2nnn[nH]2)N1c1nc2ccccc2s1. The Labute approximate surface area is 129 Å². The first-order chi connectivity index (χ1) is 10.9. The molecule has 1 radical (unpaired) electrons. The number of aromatic amines is 1. The topological polar surface area (TPSA) is 95.0 Å². The number of guanidine groups is 1. The van der Waals surface area contributed by atoms with Crippen molar-refractivity contribution in [2.45, 2.75) is 6.54 Å². The summed E-state index contributed by atoms with van der Waals surface area (Å²) in [6.45, 7) is 2.38. The summed E-state index contributed by atoms with van der Waals surface area (Å²) in [5.41, 5.74) is 0.976. The third-order valence-corrected chi connectivity index (χ3v) is 4.07. The van der Waals surface area contributed by atoms with Crippen molar-refractivity contribution in [3.8, 4) is 0 Å². The molecule has 0 saturated heterocycles. The summed E-state index contributed by atoms with van der Waals surface area (Å²) in [6.07, 6.45) is 3.60. The fourth-order valence-corrected chi connectivity index (χ4v) is 2.99. The van der Waals surface area contributed by atoms with Crippen LogP contribution in [0.5, 0.6) is 0 Å². The number of nitrogens with one attached hydrogen (secondary N) is 2. The molecule has 2 N–H and O–H groups in total. The minimum atomic E-state index is 0.453. The molecule has 2 aromatic heterocycles. The first-order valence-electron chi connectivity index (χ1n) is 6.59. The number of rotatable bonds is 3. The molecule has 0 atom stereocenters. The van der Waals surface area contributed by atoms with Gasteiger partial charge in [0.1, 0.15) is 0 Å². The van der Waals surface area contributed by atoms with Gasteiger partial charge in [0.2, 0.25) is 5.96 Å². The maximum atomic E-state index is 4.64. The first kappa shape index (κ1) is 12.9. The number of hydrogen-bond acceptors (Lipinski definition) is 8. The highest BCUT2D eigenvalue weighted by atomic mass is 32.1. The second kappa shape index (κ2) is 5.53. The lowest BCUT2D eigenvalue weighted by Gasteiger charge is -2.23. The van der Waals surface area contributed by atoms with Gasteiger partial charge in [-0.1, -0.05) is 23.5 Å². The lowest BCUT2D eigenvalue weighted by molar-refractivity contribution is 0.814. The van der Waals surface area contributed by atoms with Gasteiger partial charge >= 0.3 is 0 Å². The van der Waals surface area contributed by atoms with E-state index in [0.29, 0.717) is 18.3 Å². The highest BCUT2D eigenvalue weighted by molar-refractivity contribution is 7.22. The van der Waals surface area contributed by atoms with E-state index in [4.69, 9.17) is 0 Å². The molecule has 9 heteroatoms. The number of thiazole rings is 1. The molecule has 109 valence electrons. The number of hydrogen-bond donors (Lipinski definition) is 2. The number of anilines is 1. The number of benzene rings is 1. The summed E-state index contributed by atoms with van der Waals surface area (Å²) in [4.78, 5) is 10.9. The van der Waals surface area contributed by atoms with Crippen molar-refractivity contribution in [1.82, 2.24) is 30.9 Å². The van der Waals surface area contributed by atoms with Gasteiger partial charge in [-0.15, -0.1) is 5.10 Å². The fraction of sp³-hybridized carbons (Fsp3) is 0.0769. The summed E-state index contributed by atoms with van der Waals surface area (Å²) >= 11 is 1.61. The van der Waals surface area contributed by atoms with Crippen LogP contribution >= 0.6 is 11.3 Å². The van der Waals surface area contributed by atoms with E-state index < -0.39 is 0 Å². The Morgan fingerprint density at radius 2 is 2.23 bits per heavy atom. The van der Waals surface area contributed by atoms with Gasteiger partial charge in [-0.25, -0.2) is 15.1 Å². The highest BCUT2D eigenvalue weighted by Crippen LogP contribution is 2.30. The van der Waals surface area contributed by atoms with Crippen LogP contribution in [0.2, 0.25) is 0 Å². The molecule has 1 aliphatic rings. The van der Waals surface area contributed by atoms with Gasteiger partial charge in [-0.3, -0.25) is 4.90 Å². The minimum absolute atomic E-state index is 0.453. The molecule has 3 aromatic rings. The number of fused-ring (bicyclic) bond motifs is 1. The van der Waals surface area contributed by atoms with Crippen LogP contribution < -0.4 is 10.2 Å². The molecule has 0 aliphatic carbocycles. The van der Waals surface area contributed by atoms with Crippen molar-refractivity contribution in [3.63, 3.8) is 0 Å². The fourth-order valence-electron chi connectivity index (χ4n) is 2.04. The average Bonchev–Trinajstić information content (AvgIpc) is 3.22. The van der Waals surface area contributed by atoms with Crippen LogP contribution in [0.15, 0.2) is 41.5 Å². The van der Waals surface area contributed by atoms with Gasteiger partial charge in [-0.05, 0) is 28.6 Å². The zero-order chi connectivity index (χ0) is 14.8. The standard InChI is InChI=1S/C13H11N8S/c1-2-5-10-9(4-1)16-13(22-10)21-7-3-6-14-12(21)15-8-11-17-19-20-18-11/h1-7H,8H2,(H,14,15)(H,17,18,19,20). The zero-order valence-corrected chi connectivity index (χ0v) is 12.2. The highest BCUT2D eigenvalue weighted by Gasteiger charge is 2.19. The van der Waals surface area contributed by atoms with E-state index >= 15 is 0 Å². The molecule has 1 aromatic carbocycles. The van der Waals surface area contributed by atoms with E-state index in [1.165, 1.54) is 0 Å². The predicted molar refractivity (Wildman–Crippen MR) is 84.0 cm³/mol. The second-order valence-corrected chi connectivity index (χ2v) is 5.49. The van der Waals surface area contributed by atoms with E-state index in [2.05, 4.69) is 42.0 Å². The van der Waals surface area contributed by atoms with Gasteiger partial charge in [-0.2, -0.15) is 0 Å². The molecule has 0 fully saturated rings. The predicted octanol–water partition coefficient (Wildman–Crippen LogP) is 1.45. The molecule has 3 heterocycles. The lowest BCUT2D eigenvalue weighted by atomic mass is 10.3. The number of aliphatic imine (C=N–C) groups is 1. The first-order valence-corrected chi connectivity index (χ1v) is 7.41. The van der Waals surface area contributed by atoms with Crippen LogP contribution in [0.4, 0.5) is 5.13 Å². The maximum absolute atomic E-state index is 4.64. The van der Waals surface area contributed by atoms with Crippen molar-refractivity contribution in [1.29, 1.82) is 0 Å².